The van der Waals surface area contributed by atoms with Crippen molar-refractivity contribution in [2.24, 2.45) is 5.92 Å². The van der Waals surface area contributed by atoms with Gasteiger partial charge in [0.05, 0.1) is 18.8 Å². The molecule has 0 saturated heterocycles. The van der Waals surface area contributed by atoms with E-state index < -0.39 is 0 Å². The van der Waals surface area contributed by atoms with E-state index >= 15 is 0 Å². The highest BCUT2D eigenvalue weighted by Crippen LogP contribution is 2.29. The number of nitrogens with one attached hydrogen (secondary N) is 1. The van der Waals surface area contributed by atoms with Crippen molar-refractivity contribution in [1.29, 1.82) is 0 Å². The molecule has 15 heavy (non-hydrogen) atoms. The first-order valence-corrected chi connectivity index (χ1v) is 6.14. The summed E-state index contributed by atoms with van der Waals surface area (Å²) in [5.74, 6) is 0.907. The van der Waals surface area contributed by atoms with Crippen LogP contribution in [0.3, 0.4) is 0 Å². The molecule has 1 saturated carbocycles. The molecule has 0 heterocycles. The average Bonchev–Trinajstić information content (AvgIpc) is 2.15. The van der Waals surface area contributed by atoms with Crippen LogP contribution in [-0.2, 0) is 4.74 Å². The number of hydrogen-bond donors (Lipinski definition) is 2. The molecule has 1 fully saturated rings. The van der Waals surface area contributed by atoms with Crippen molar-refractivity contribution >= 4 is 0 Å². The molecule has 0 aromatic carbocycles. The van der Waals surface area contributed by atoms with Gasteiger partial charge in [-0.3, -0.25) is 0 Å². The molecule has 0 radical (unpaired) electrons. The lowest BCUT2D eigenvalue weighted by atomic mass is 9.83. The van der Waals surface area contributed by atoms with Crippen LogP contribution in [0.15, 0.2) is 0 Å². The monoisotopic (exact) mass is 215 g/mol. The van der Waals surface area contributed by atoms with E-state index in [4.69, 9.17) is 4.74 Å². The Balaban J connectivity index is 2.05. The normalized spacial score (nSPS) is 21.0. The van der Waals surface area contributed by atoms with E-state index in [1.165, 1.54) is 25.7 Å². The van der Waals surface area contributed by atoms with E-state index in [1.54, 1.807) is 0 Å². The van der Waals surface area contributed by atoms with E-state index in [1.807, 2.05) is 13.8 Å². The zero-order valence-corrected chi connectivity index (χ0v) is 10.1. The third kappa shape index (κ3) is 4.49. The summed E-state index contributed by atoms with van der Waals surface area (Å²) in [5, 5.41) is 12.5. The Bertz CT molecular complexity index is 171. The molecule has 1 aliphatic rings. The van der Waals surface area contributed by atoms with Gasteiger partial charge in [-0.25, -0.2) is 0 Å². The topological polar surface area (TPSA) is 41.5 Å². The van der Waals surface area contributed by atoms with Crippen molar-refractivity contribution in [3.8, 4) is 0 Å². The average molecular weight is 215 g/mol. The summed E-state index contributed by atoms with van der Waals surface area (Å²) in [6.45, 7) is 6.48. The molecule has 0 bridgehead atoms. The maximum Gasteiger partial charge on any atom is 0.0668 e. The van der Waals surface area contributed by atoms with Crippen LogP contribution in [0.25, 0.3) is 0 Å². The van der Waals surface area contributed by atoms with Crippen LogP contribution < -0.4 is 5.32 Å². The van der Waals surface area contributed by atoms with Crippen molar-refractivity contribution in [3.05, 3.63) is 0 Å². The van der Waals surface area contributed by atoms with Crippen molar-refractivity contribution in [2.75, 3.05) is 26.4 Å². The number of ether oxygens (including phenoxy) is 1. The fraction of sp³-hybridized carbons (Fsp3) is 1.00. The molecule has 0 spiro atoms. The number of aliphatic hydroxyl groups is 1. The van der Waals surface area contributed by atoms with Crippen LogP contribution in [0.1, 0.15) is 39.5 Å². The second kappa shape index (κ2) is 6.46. The summed E-state index contributed by atoms with van der Waals surface area (Å²) < 4.78 is 5.63. The van der Waals surface area contributed by atoms with Gasteiger partial charge in [0.1, 0.15) is 0 Å². The van der Waals surface area contributed by atoms with Crippen LogP contribution >= 0.6 is 0 Å². The molecule has 1 aliphatic carbocycles. The molecule has 3 nitrogen and oxygen atoms in total. The predicted molar refractivity (Wildman–Crippen MR) is 61.9 cm³/mol. The van der Waals surface area contributed by atoms with E-state index in [0.717, 1.165) is 19.1 Å². The minimum Gasteiger partial charge on any atom is -0.394 e. The minimum atomic E-state index is -0.269. The fourth-order valence-corrected chi connectivity index (χ4v) is 1.91. The summed E-state index contributed by atoms with van der Waals surface area (Å²) in [6, 6.07) is 0. The molecule has 0 aromatic heterocycles. The van der Waals surface area contributed by atoms with Gasteiger partial charge in [0.15, 0.2) is 0 Å². The molecular formula is C12H25NO2. The fourth-order valence-electron chi connectivity index (χ4n) is 1.91. The quantitative estimate of drug-likeness (QED) is 0.604. The third-order valence-corrected chi connectivity index (χ3v) is 3.27. The molecule has 3 heteroatoms. The lowest BCUT2D eigenvalue weighted by Gasteiger charge is -2.29. The Kier molecular flexibility index (Phi) is 5.58. The molecule has 0 aliphatic heterocycles. The first-order chi connectivity index (χ1) is 7.20. The van der Waals surface area contributed by atoms with Gasteiger partial charge in [-0.1, -0.05) is 26.2 Å². The molecule has 2 N–H and O–H groups in total. The number of aliphatic hydroxyl groups excluding tert-OH is 1. The molecular weight excluding hydrogens is 190 g/mol. The van der Waals surface area contributed by atoms with Gasteiger partial charge >= 0.3 is 0 Å². The second-order valence-electron chi connectivity index (χ2n) is 4.89. The first kappa shape index (κ1) is 12.9. The first-order valence-electron chi connectivity index (χ1n) is 6.14. The zero-order chi connectivity index (χ0) is 11.1. The van der Waals surface area contributed by atoms with Crippen LogP contribution in [-0.4, -0.2) is 37.0 Å². The van der Waals surface area contributed by atoms with Crippen molar-refractivity contribution in [3.63, 3.8) is 0 Å². The van der Waals surface area contributed by atoms with Crippen LogP contribution in [0.2, 0.25) is 0 Å². The standard InChI is InChI=1S/C12H25NO2/c1-3-13-12(2,9-14)10-15-8-7-11-5-4-6-11/h11,13-14H,3-10H2,1-2H3. The summed E-state index contributed by atoms with van der Waals surface area (Å²) in [6.07, 6.45) is 5.35. The van der Waals surface area contributed by atoms with Gasteiger partial charge in [0.25, 0.3) is 0 Å². The zero-order valence-electron chi connectivity index (χ0n) is 10.1. The van der Waals surface area contributed by atoms with Gasteiger partial charge in [0.2, 0.25) is 0 Å². The second-order valence-corrected chi connectivity index (χ2v) is 4.89. The van der Waals surface area contributed by atoms with Crippen LogP contribution in [0.4, 0.5) is 0 Å². The van der Waals surface area contributed by atoms with Crippen LogP contribution in [0, 0.1) is 5.92 Å². The summed E-state index contributed by atoms with van der Waals surface area (Å²) in [7, 11) is 0. The van der Waals surface area contributed by atoms with E-state index in [0.29, 0.717) is 6.61 Å². The largest absolute Gasteiger partial charge is 0.394 e. The Labute approximate surface area is 93.2 Å². The van der Waals surface area contributed by atoms with Crippen LogP contribution in [0.5, 0.6) is 0 Å². The highest BCUT2D eigenvalue weighted by molar-refractivity contribution is 4.81. The van der Waals surface area contributed by atoms with Crippen molar-refractivity contribution < 1.29 is 9.84 Å². The third-order valence-electron chi connectivity index (χ3n) is 3.27. The Morgan fingerprint density at radius 3 is 2.67 bits per heavy atom. The van der Waals surface area contributed by atoms with Gasteiger partial charge < -0.3 is 15.2 Å². The molecule has 1 unspecified atom stereocenters. The Morgan fingerprint density at radius 1 is 1.47 bits per heavy atom. The predicted octanol–water partition coefficient (Wildman–Crippen LogP) is 1.55. The van der Waals surface area contributed by atoms with E-state index in [-0.39, 0.29) is 12.1 Å². The van der Waals surface area contributed by atoms with Crippen molar-refractivity contribution in [2.45, 2.75) is 45.1 Å². The number of rotatable bonds is 8. The Morgan fingerprint density at radius 2 is 2.20 bits per heavy atom. The summed E-state index contributed by atoms with van der Waals surface area (Å²) in [5.41, 5.74) is -0.269. The maximum atomic E-state index is 9.24. The van der Waals surface area contributed by atoms with Gasteiger partial charge in [-0.2, -0.15) is 0 Å². The molecule has 90 valence electrons. The number of hydrogen-bond acceptors (Lipinski definition) is 3. The SMILES string of the molecule is CCNC(C)(CO)COCCC1CCC1. The molecule has 0 aromatic rings. The molecule has 0 amide bonds. The smallest absolute Gasteiger partial charge is 0.0668 e. The van der Waals surface area contributed by atoms with E-state index in [9.17, 15) is 5.11 Å². The molecule has 1 rings (SSSR count). The van der Waals surface area contributed by atoms with Gasteiger partial charge in [-0.05, 0) is 25.8 Å². The molecule has 1 atom stereocenters. The highest BCUT2D eigenvalue weighted by atomic mass is 16.5. The van der Waals surface area contributed by atoms with Gasteiger partial charge in [-0.15, -0.1) is 0 Å². The lowest BCUT2D eigenvalue weighted by molar-refractivity contribution is 0.0350. The van der Waals surface area contributed by atoms with Crippen molar-refractivity contribution in [1.82, 2.24) is 5.32 Å². The summed E-state index contributed by atoms with van der Waals surface area (Å²) in [4.78, 5) is 0. The maximum absolute atomic E-state index is 9.24. The number of likely N-dealkylation sites (N-methyl/N-ethyl adjacent to an activating group) is 1. The highest BCUT2D eigenvalue weighted by Gasteiger charge is 2.22. The lowest BCUT2D eigenvalue weighted by Crippen LogP contribution is -2.49. The minimum absolute atomic E-state index is 0.129. The van der Waals surface area contributed by atoms with E-state index in [2.05, 4.69) is 5.32 Å². The summed E-state index contributed by atoms with van der Waals surface area (Å²) >= 11 is 0. The Hall–Kier alpha value is -0.120. The van der Waals surface area contributed by atoms with Gasteiger partial charge in [0, 0.05) is 6.61 Å².